The van der Waals surface area contributed by atoms with Crippen molar-refractivity contribution in [3.8, 4) is 0 Å². The van der Waals surface area contributed by atoms with Crippen molar-refractivity contribution in [2.24, 2.45) is 0 Å². The summed E-state index contributed by atoms with van der Waals surface area (Å²) < 4.78 is 0. The lowest BCUT2D eigenvalue weighted by molar-refractivity contribution is 0.101. The second kappa shape index (κ2) is 4.70. The Bertz CT molecular complexity index is 355. The van der Waals surface area contributed by atoms with E-state index < -0.39 is 8.07 Å². The minimum Gasteiger partial charge on any atom is -0.294 e. The molecule has 1 heterocycles. The smallest absolute Gasteiger partial charge is 0.161 e. The van der Waals surface area contributed by atoms with Crippen LogP contribution in [0, 0.1) is 0 Å². The number of pyridine rings is 1. The van der Waals surface area contributed by atoms with E-state index in [4.69, 9.17) is 0 Å². The lowest BCUT2D eigenvalue weighted by Crippen LogP contribution is -2.20. The lowest BCUT2D eigenvalue weighted by Gasteiger charge is -2.16. The van der Waals surface area contributed by atoms with Gasteiger partial charge in [0, 0.05) is 26.0 Å². The Labute approximate surface area is 92.7 Å². The zero-order valence-corrected chi connectivity index (χ0v) is 11.0. The summed E-state index contributed by atoms with van der Waals surface area (Å²) in [5.74, 6) is 0.119. The van der Waals surface area contributed by atoms with Crippen LogP contribution in [0.4, 0.5) is 0 Å². The zero-order chi connectivity index (χ0) is 11.5. The molecule has 0 bridgehead atoms. The molecule has 0 atom stereocenters. The largest absolute Gasteiger partial charge is 0.294 e. The molecule has 0 amide bonds. The van der Waals surface area contributed by atoms with E-state index in [0.29, 0.717) is 0 Å². The summed E-state index contributed by atoms with van der Waals surface area (Å²) >= 11 is 0. The number of rotatable bonds is 4. The number of carbonyl (C=O) groups excluding carboxylic acids is 1. The van der Waals surface area contributed by atoms with E-state index in [9.17, 15) is 4.79 Å². The highest BCUT2D eigenvalue weighted by atomic mass is 28.3. The maximum absolute atomic E-state index is 11.4. The highest BCUT2D eigenvalue weighted by Gasteiger charge is 2.14. The second-order valence-corrected chi connectivity index (χ2v) is 10.8. The number of Topliss-reactive ketones (excluding diaryl/α,β-unsaturated/α-hetero) is 1. The van der Waals surface area contributed by atoms with Crippen molar-refractivity contribution in [3.05, 3.63) is 29.6 Å². The maximum Gasteiger partial charge on any atom is 0.161 e. The Hall–Kier alpha value is -0.963. The number of hydrogen-bond acceptors (Lipinski definition) is 2. The van der Waals surface area contributed by atoms with Gasteiger partial charge in [0.25, 0.3) is 0 Å². The zero-order valence-electron chi connectivity index (χ0n) is 10.0. The SMILES string of the molecule is CC(=O)c1cnccc1CC[Si](C)(C)C. The van der Waals surface area contributed by atoms with Gasteiger partial charge in [-0.15, -0.1) is 0 Å². The van der Waals surface area contributed by atoms with E-state index >= 15 is 0 Å². The van der Waals surface area contributed by atoms with Gasteiger partial charge < -0.3 is 0 Å². The van der Waals surface area contributed by atoms with Gasteiger partial charge in [0.05, 0.1) is 0 Å². The molecule has 0 unspecified atom stereocenters. The number of aryl methyl sites for hydroxylation is 1. The van der Waals surface area contributed by atoms with E-state index in [1.165, 1.54) is 6.04 Å². The molecule has 0 spiro atoms. The fourth-order valence-electron chi connectivity index (χ4n) is 1.47. The van der Waals surface area contributed by atoms with Crippen LogP contribution in [0.5, 0.6) is 0 Å². The molecular weight excluding hydrogens is 202 g/mol. The van der Waals surface area contributed by atoms with Gasteiger partial charge in [0.15, 0.2) is 5.78 Å². The van der Waals surface area contributed by atoms with Gasteiger partial charge in [-0.25, -0.2) is 0 Å². The fourth-order valence-corrected chi connectivity index (χ4v) is 2.49. The van der Waals surface area contributed by atoms with Crippen LogP contribution in [0.2, 0.25) is 25.7 Å². The Kier molecular flexibility index (Phi) is 3.80. The first-order valence-corrected chi connectivity index (χ1v) is 9.05. The van der Waals surface area contributed by atoms with E-state index in [0.717, 1.165) is 17.5 Å². The van der Waals surface area contributed by atoms with Crippen molar-refractivity contribution in [2.45, 2.75) is 39.0 Å². The monoisotopic (exact) mass is 221 g/mol. The normalized spacial score (nSPS) is 11.5. The van der Waals surface area contributed by atoms with E-state index in [2.05, 4.69) is 24.6 Å². The first kappa shape index (κ1) is 12.1. The molecule has 0 saturated heterocycles. The summed E-state index contributed by atoms with van der Waals surface area (Å²) in [6.45, 7) is 8.65. The van der Waals surface area contributed by atoms with Gasteiger partial charge in [0.2, 0.25) is 0 Å². The Balaban J connectivity index is 2.81. The van der Waals surface area contributed by atoms with Gasteiger partial charge >= 0.3 is 0 Å². The van der Waals surface area contributed by atoms with Crippen molar-refractivity contribution in [2.75, 3.05) is 0 Å². The molecule has 0 aromatic carbocycles. The summed E-state index contributed by atoms with van der Waals surface area (Å²) in [4.78, 5) is 15.4. The summed E-state index contributed by atoms with van der Waals surface area (Å²) in [6, 6.07) is 3.19. The van der Waals surface area contributed by atoms with Gasteiger partial charge in [-0.2, -0.15) is 0 Å². The summed E-state index contributed by atoms with van der Waals surface area (Å²) in [6.07, 6.45) is 4.46. The highest BCUT2D eigenvalue weighted by molar-refractivity contribution is 6.76. The standard InChI is InChI=1S/C12H19NOSi/c1-10(14)12-9-13-7-5-11(12)6-8-15(2,3)4/h5,7,9H,6,8H2,1-4H3. The van der Waals surface area contributed by atoms with E-state index in [1.54, 1.807) is 19.3 Å². The van der Waals surface area contributed by atoms with Crippen molar-refractivity contribution >= 4 is 13.9 Å². The third-order valence-electron chi connectivity index (χ3n) is 2.44. The quantitative estimate of drug-likeness (QED) is 0.577. The predicted octanol–water partition coefficient (Wildman–Crippen LogP) is 3.16. The van der Waals surface area contributed by atoms with Gasteiger partial charge in [-0.05, 0) is 25.0 Å². The highest BCUT2D eigenvalue weighted by Crippen LogP contribution is 2.16. The summed E-state index contributed by atoms with van der Waals surface area (Å²) in [7, 11) is -1.03. The van der Waals surface area contributed by atoms with Crippen molar-refractivity contribution in [1.82, 2.24) is 4.98 Å². The van der Waals surface area contributed by atoms with Crippen LogP contribution in [0.1, 0.15) is 22.8 Å². The molecule has 2 nitrogen and oxygen atoms in total. The number of hydrogen-bond donors (Lipinski definition) is 0. The molecule has 0 aliphatic rings. The fraction of sp³-hybridized carbons (Fsp3) is 0.500. The third kappa shape index (κ3) is 3.96. The molecule has 15 heavy (non-hydrogen) atoms. The Morgan fingerprint density at radius 2 is 2.07 bits per heavy atom. The molecular formula is C12H19NOSi. The van der Waals surface area contributed by atoms with Crippen LogP contribution < -0.4 is 0 Å². The lowest BCUT2D eigenvalue weighted by atomic mass is 10.1. The van der Waals surface area contributed by atoms with E-state index in [-0.39, 0.29) is 5.78 Å². The first-order valence-electron chi connectivity index (χ1n) is 5.34. The van der Waals surface area contributed by atoms with Crippen LogP contribution >= 0.6 is 0 Å². The van der Waals surface area contributed by atoms with Gasteiger partial charge in [-0.3, -0.25) is 9.78 Å². The predicted molar refractivity (Wildman–Crippen MR) is 66.1 cm³/mol. The molecule has 1 aromatic heterocycles. The molecule has 82 valence electrons. The van der Waals surface area contributed by atoms with Crippen LogP contribution in [-0.2, 0) is 6.42 Å². The Morgan fingerprint density at radius 3 is 2.60 bits per heavy atom. The molecule has 3 heteroatoms. The number of carbonyl (C=O) groups is 1. The Morgan fingerprint density at radius 1 is 1.40 bits per heavy atom. The molecule has 0 fully saturated rings. The van der Waals surface area contributed by atoms with Gasteiger partial charge in [0.1, 0.15) is 0 Å². The number of ketones is 1. The van der Waals surface area contributed by atoms with Crippen LogP contribution in [-0.4, -0.2) is 18.8 Å². The summed E-state index contributed by atoms with van der Waals surface area (Å²) in [5.41, 5.74) is 1.94. The average Bonchev–Trinajstić information content (AvgIpc) is 2.14. The van der Waals surface area contributed by atoms with E-state index in [1.807, 2.05) is 6.07 Å². The molecule has 0 aliphatic carbocycles. The number of nitrogens with zero attached hydrogens (tertiary/aromatic N) is 1. The summed E-state index contributed by atoms with van der Waals surface area (Å²) in [5, 5.41) is 0. The number of aromatic nitrogens is 1. The molecule has 0 aliphatic heterocycles. The second-order valence-electron chi connectivity index (χ2n) is 5.15. The molecule has 0 N–H and O–H groups in total. The van der Waals surface area contributed by atoms with Crippen molar-refractivity contribution in [3.63, 3.8) is 0 Å². The maximum atomic E-state index is 11.4. The van der Waals surface area contributed by atoms with Gasteiger partial charge in [-0.1, -0.05) is 25.7 Å². The van der Waals surface area contributed by atoms with Crippen LogP contribution in [0.15, 0.2) is 18.5 Å². The van der Waals surface area contributed by atoms with Crippen LogP contribution in [0.25, 0.3) is 0 Å². The molecule has 1 rings (SSSR count). The minimum atomic E-state index is -1.03. The average molecular weight is 221 g/mol. The minimum absolute atomic E-state index is 0.119. The van der Waals surface area contributed by atoms with Crippen molar-refractivity contribution < 1.29 is 4.79 Å². The van der Waals surface area contributed by atoms with Crippen LogP contribution in [0.3, 0.4) is 0 Å². The van der Waals surface area contributed by atoms with Crippen molar-refractivity contribution in [1.29, 1.82) is 0 Å². The molecule has 0 saturated carbocycles. The molecule has 1 aromatic rings. The third-order valence-corrected chi connectivity index (χ3v) is 4.19. The topological polar surface area (TPSA) is 30.0 Å². The first-order chi connectivity index (χ1) is 6.90. The molecule has 0 radical (unpaired) electrons.